The van der Waals surface area contributed by atoms with Crippen LogP contribution in [0, 0.1) is 18.3 Å². The Kier molecular flexibility index (Phi) is 6.04. The maximum Gasteiger partial charge on any atom is 0.241 e. The van der Waals surface area contributed by atoms with Gasteiger partial charge in [0.1, 0.15) is 0 Å². The van der Waals surface area contributed by atoms with Crippen molar-refractivity contribution in [3.8, 4) is 6.07 Å². The summed E-state index contributed by atoms with van der Waals surface area (Å²) >= 11 is 0. The van der Waals surface area contributed by atoms with Gasteiger partial charge in [0.2, 0.25) is 5.91 Å². The molecule has 0 radical (unpaired) electrons. The first-order chi connectivity index (χ1) is 12.7. The molecule has 1 amide bonds. The van der Waals surface area contributed by atoms with Gasteiger partial charge in [-0.3, -0.25) is 9.69 Å². The molecule has 2 aromatic rings. The molecule has 0 aliphatic carbocycles. The van der Waals surface area contributed by atoms with Gasteiger partial charge in [-0.05, 0) is 44.0 Å². The fourth-order valence-corrected chi connectivity index (χ4v) is 3.61. The summed E-state index contributed by atoms with van der Waals surface area (Å²) in [7, 11) is 0. The number of aryl methyl sites for hydroxylation is 1. The molecule has 1 fully saturated rings. The number of carbonyl (C=O) groups excluding carboxylic acids is 1. The van der Waals surface area contributed by atoms with Crippen LogP contribution in [0.25, 0.3) is 0 Å². The molecular formula is C22H25N3O. The lowest BCUT2D eigenvalue weighted by molar-refractivity contribution is -0.120. The highest BCUT2D eigenvalue weighted by atomic mass is 16.2. The highest BCUT2D eigenvalue weighted by Crippen LogP contribution is 2.32. The molecule has 1 saturated heterocycles. The first-order valence-electron chi connectivity index (χ1n) is 9.22. The Bertz CT molecular complexity index is 764. The van der Waals surface area contributed by atoms with E-state index in [0.717, 1.165) is 25.1 Å². The molecule has 0 N–H and O–H groups in total. The second-order valence-electron chi connectivity index (χ2n) is 6.83. The maximum atomic E-state index is 13.0. The predicted octanol–water partition coefficient (Wildman–Crippen LogP) is 4.08. The van der Waals surface area contributed by atoms with Crippen LogP contribution < -0.4 is 4.90 Å². The lowest BCUT2D eigenvalue weighted by atomic mass is 10.0. The van der Waals surface area contributed by atoms with Crippen molar-refractivity contribution in [2.45, 2.75) is 32.2 Å². The standard InChI is InChI=1S/C22H25N3O/c1-18-10-12-19(13-11-18)21-9-5-15-24(21)17-22(26)25(16-6-14-23)20-7-3-2-4-8-20/h2-4,7-8,10-13,21H,5-6,9,15-17H2,1H3/t21-/m1/s1. The molecular weight excluding hydrogens is 322 g/mol. The zero-order chi connectivity index (χ0) is 18.4. The van der Waals surface area contributed by atoms with Gasteiger partial charge in [0, 0.05) is 18.3 Å². The highest BCUT2D eigenvalue weighted by molar-refractivity contribution is 5.94. The van der Waals surface area contributed by atoms with Gasteiger partial charge in [-0.2, -0.15) is 5.26 Å². The Balaban J connectivity index is 1.73. The van der Waals surface area contributed by atoms with Crippen LogP contribution in [0.1, 0.15) is 36.4 Å². The average Bonchev–Trinajstić information content (AvgIpc) is 3.11. The summed E-state index contributed by atoms with van der Waals surface area (Å²) in [5.74, 6) is 0.0606. The molecule has 1 atom stereocenters. The molecule has 1 aliphatic heterocycles. The number of amides is 1. The number of hydrogen-bond donors (Lipinski definition) is 0. The molecule has 2 aromatic carbocycles. The number of hydrogen-bond acceptors (Lipinski definition) is 3. The number of likely N-dealkylation sites (tertiary alicyclic amines) is 1. The van der Waals surface area contributed by atoms with Crippen LogP contribution in [-0.2, 0) is 4.79 Å². The van der Waals surface area contributed by atoms with Crippen LogP contribution >= 0.6 is 0 Å². The molecule has 1 aliphatic rings. The van der Waals surface area contributed by atoms with E-state index < -0.39 is 0 Å². The van der Waals surface area contributed by atoms with Crippen LogP contribution in [0.4, 0.5) is 5.69 Å². The number of nitrogens with zero attached hydrogens (tertiary/aromatic N) is 3. The number of benzene rings is 2. The number of anilines is 1. The van der Waals surface area contributed by atoms with E-state index in [1.807, 2.05) is 30.3 Å². The van der Waals surface area contributed by atoms with Crippen molar-refractivity contribution in [1.82, 2.24) is 4.90 Å². The van der Waals surface area contributed by atoms with Gasteiger partial charge in [0.25, 0.3) is 0 Å². The minimum atomic E-state index is 0.0606. The van der Waals surface area contributed by atoms with Gasteiger partial charge >= 0.3 is 0 Å². The van der Waals surface area contributed by atoms with Crippen molar-refractivity contribution in [3.05, 3.63) is 65.7 Å². The van der Waals surface area contributed by atoms with E-state index in [2.05, 4.69) is 42.2 Å². The molecule has 3 rings (SSSR count). The van der Waals surface area contributed by atoms with Crippen molar-refractivity contribution >= 4 is 11.6 Å². The Labute approximate surface area is 155 Å². The summed E-state index contributed by atoms with van der Waals surface area (Å²) < 4.78 is 0. The minimum absolute atomic E-state index is 0.0606. The number of para-hydroxylation sites is 1. The topological polar surface area (TPSA) is 47.3 Å². The van der Waals surface area contributed by atoms with Crippen LogP contribution in [0.2, 0.25) is 0 Å². The molecule has 0 aromatic heterocycles. The summed E-state index contributed by atoms with van der Waals surface area (Å²) in [6.07, 6.45) is 2.53. The lowest BCUT2D eigenvalue weighted by Crippen LogP contribution is -2.40. The quantitative estimate of drug-likeness (QED) is 0.791. The normalized spacial score (nSPS) is 17.0. The van der Waals surface area contributed by atoms with E-state index in [0.29, 0.717) is 25.6 Å². The van der Waals surface area contributed by atoms with Crippen molar-refractivity contribution in [1.29, 1.82) is 5.26 Å². The summed E-state index contributed by atoms with van der Waals surface area (Å²) in [6.45, 7) is 3.85. The number of rotatable bonds is 6. The first kappa shape index (κ1) is 18.2. The van der Waals surface area contributed by atoms with E-state index in [-0.39, 0.29) is 5.91 Å². The fraction of sp³-hybridized carbons (Fsp3) is 0.364. The second kappa shape index (κ2) is 8.64. The number of carbonyl (C=O) groups is 1. The first-order valence-corrected chi connectivity index (χ1v) is 9.22. The summed E-state index contributed by atoms with van der Waals surface area (Å²) in [5.41, 5.74) is 3.39. The maximum absolute atomic E-state index is 13.0. The summed E-state index contributed by atoms with van der Waals surface area (Å²) in [5, 5.41) is 8.94. The van der Waals surface area contributed by atoms with E-state index in [1.165, 1.54) is 11.1 Å². The van der Waals surface area contributed by atoms with Crippen molar-refractivity contribution < 1.29 is 4.79 Å². The highest BCUT2D eigenvalue weighted by Gasteiger charge is 2.29. The van der Waals surface area contributed by atoms with Gasteiger partial charge in [-0.25, -0.2) is 0 Å². The third-order valence-corrected chi connectivity index (χ3v) is 4.98. The molecule has 0 spiro atoms. The Morgan fingerprint density at radius 2 is 1.92 bits per heavy atom. The van der Waals surface area contributed by atoms with Crippen LogP contribution in [0.15, 0.2) is 54.6 Å². The van der Waals surface area contributed by atoms with Gasteiger partial charge in [0.15, 0.2) is 0 Å². The second-order valence-corrected chi connectivity index (χ2v) is 6.83. The molecule has 0 unspecified atom stereocenters. The van der Waals surface area contributed by atoms with E-state index >= 15 is 0 Å². The molecule has 134 valence electrons. The molecule has 26 heavy (non-hydrogen) atoms. The largest absolute Gasteiger partial charge is 0.310 e. The van der Waals surface area contributed by atoms with Gasteiger partial charge < -0.3 is 4.90 Å². The van der Waals surface area contributed by atoms with Gasteiger partial charge in [-0.15, -0.1) is 0 Å². The lowest BCUT2D eigenvalue weighted by Gasteiger charge is -2.28. The number of nitriles is 1. The van der Waals surface area contributed by atoms with Gasteiger partial charge in [-0.1, -0.05) is 48.0 Å². The summed E-state index contributed by atoms with van der Waals surface area (Å²) in [4.78, 5) is 17.0. The Morgan fingerprint density at radius 3 is 2.62 bits per heavy atom. The van der Waals surface area contributed by atoms with Gasteiger partial charge in [0.05, 0.1) is 19.0 Å². The Morgan fingerprint density at radius 1 is 1.19 bits per heavy atom. The third kappa shape index (κ3) is 4.30. The third-order valence-electron chi connectivity index (χ3n) is 4.98. The molecule has 1 heterocycles. The van der Waals surface area contributed by atoms with Crippen molar-refractivity contribution in [3.63, 3.8) is 0 Å². The van der Waals surface area contributed by atoms with Crippen LogP contribution in [-0.4, -0.2) is 30.4 Å². The molecule has 4 nitrogen and oxygen atoms in total. The zero-order valence-electron chi connectivity index (χ0n) is 15.3. The van der Waals surface area contributed by atoms with E-state index in [1.54, 1.807) is 4.90 Å². The Hall–Kier alpha value is -2.64. The van der Waals surface area contributed by atoms with Crippen LogP contribution in [0.3, 0.4) is 0 Å². The van der Waals surface area contributed by atoms with E-state index in [9.17, 15) is 4.79 Å². The van der Waals surface area contributed by atoms with Crippen molar-refractivity contribution in [2.24, 2.45) is 0 Å². The monoisotopic (exact) mass is 347 g/mol. The van der Waals surface area contributed by atoms with E-state index in [4.69, 9.17) is 5.26 Å². The summed E-state index contributed by atoms with van der Waals surface area (Å²) in [6, 6.07) is 20.7. The predicted molar refractivity (Wildman–Crippen MR) is 104 cm³/mol. The SMILES string of the molecule is Cc1ccc([C@H]2CCCN2CC(=O)N(CCC#N)c2ccccc2)cc1. The van der Waals surface area contributed by atoms with Crippen LogP contribution in [0.5, 0.6) is 0 Å². The van der Waals surface area contributed by atoms with Crippen molar-refractivity contribution in [2.75, 3.05) is 24.5 Å². The average molecular weight is 347 g/mol. The molecule has 4 heteroatoms. The minimum Gasteiger partial charge on any atom is -0.310 e. The zero-order valence-corrected chi connectivity index (χ0v) is 15.3. The molecule has 0 bridgehead atoms. The molecule has 0 saturated carbocycles. The fourth-order valence-electron chi connectivity index (χ4n) is 3.61. The smallest absolute Gasteiger partial charge is 0.241 e.